The monoisotopic (exact) mass is 416 g/mol. The zero-order valence-electron chi connectivity index (χ0n) is 15.1. The number of H-pyrrole nitrogens is 1. The summed E-state index contributed by atoms with van der Waals surface area (Å²) in [7, 11) is 0. The molecule has 1 amide bonds. The van der Waals surface area contributed by atoms with Gasteiger partial charge in [0.05, 0.1) is 6.04 Å². The van der Waals surface area contributed by atoms with Gasteiger partial charge >= 0.3 is 0 Å². The first-order chi connectivity index (χ1) is 12.7. The fourth-order valence-corrected chi connectivity index (χ4v) is 3.20. The average Bonchev–Trinajstić information content (AvgIpc) is 3.14. The topological polar surface area (TPSA) is 83.8 Å². The molecule has 4 rings (SSSR count). The van der Waals surface area contributed by atoms with Crippen LogP contribution in [0, 0.1) is 0 Å². The van der Waals surface area contributed by atoms with Crippen LogP contribution in [-0.2, 0) is 17.8 Å². The number of benzene rings is 2. The molecule has 4 aromatic rings. The number of aromatic amines is 1. The predicted octanol–water partition coefficient (Wildman–Crippen LogP) is 3.75. The molecular formula is C21H22Cl2N4O. The first-order valence-electron chi connectivity index (χ1n) is 8.62. The van der Waals surface area contributed by atoms with Gasteiger partial charge in [-0.1, -0.05) is 42.5 Å². The summed E-state index contributed by atoms with van der Waals surface area (Å²) >= 11 is 0. The van der Waals surface area contributed by atoms with Crippen molar-refractivity contribution in [1.82, 2.24) is 15.3 Å². The number of hydrogen-bond acceptors (Lipinski definition) is 3. The van der Waals surface area contributed by atoms with Gasteiger partial charge in [-0.3, -0.25) is 4.79 Å². The van der Waals surface area contributed by atoms with E-state index >= 15 is 0 Å². The summed E-state index contributed by atoms with van der Waals surface area (Å²) in [6.45, 7) is 0.413. The minimum Gasteiger partial charge on any atom is -0.351 e. The number of nitrogens with two attached hydrogens (primary N) is 1. The first kappa shape index (κ1) is 21.7. The Balaban J connectivity index is 0.00000140. The van der Waals surface area contributed by atoms with Gasteiger partial charge in [0, 0.05) is 24.3 Å². The smallest absolute Gasteiger partial charge is 0.237 e. The summed E-state index contributed by atoms with van der Waals surface area (Å²) in [5.74, 6) is -0.160. The second-order valence-electron chi connectivity index (χ2n) is 6.43. The molecule has 0 saturated heterocycles. The van der Waals surface area contributed by atoms with E-state index in [-0.39, 0.29) is 30.7 Å². The largest absolute Gasteiger partial charge is 0.351 e. The Bertz CT molecular complexity index is 1070. The first-order valence-corrected chi connectivity index (χ1v) is 8.62. The zero-order valence-corrected chi connectivity index (χ0v) is 16.7. The molecule has 146 valence electrons. The fraction of sp³-hybridized carbons (Fsp3) is 0.143. The van der Waals surface area contributed by atoms with Crippen LogP contribution in [-0.4, -0.2) is 21.9 Å². The van der Waals surface area contributed by atoms with Crippen molar-refractivity contribution in [2.24, 2.45) is 5.73 Å². The number of hydrogen-bond donors (Lipinski definition) is 3. The molecule has 0 aliphatic carbocycles. The molecule has 4 N–H and O–H groups in total. The number of nitrogens with one attached hydrogen (secondary N) is 2. The highest BCUT2D eigenvalue weighted by molar-refractivity contribution is 5.87. The van der Waals surface area contributed by atoms with Crippen molar-refractivity contribution in [2.45, 2.75) is 19.0 Å². The highest BCUT2D eigenvalue weighted by Gasteiger charge is 2.15. The number of carbonyl (C=O) groups excluding carboxylic acids is 1. The molecule has 2 heterocycles. The fourth-order valence-electron chi connectivity index (χ4n) is 3.20. The van der Waals surface area contributed by atoms with Gasteiger partial charge in [0.25, 0.3) is 0 Å². The summed E-state index contributed by atoms with van der Waals surface area (Å²) in [6.07, 6.45) is 4.11. The van der Waals surface area contributed by atoms with Gasteiger partial charge in [-0.15, -0.1) is 24.8 Å². The lowest BCUT2D eigenvalue weighted by Gasteiger charge is -2.14. The van der Waals surface area contributed by atoms with Crippen LogP contribution in [0.1, 0.15) is 11.1 Å². The lowest BCUT2D eigenvalue weighted by Crippen LogP contribution is -2.41. The minimum atomic E-state index is -0.593. The number of fused-ring (bicyclic) bond motifs is 2. The second-order valence-corrected chi connectivity index (χ2v) is 6.43. The molecule has 0 spiro atoms. The Labute approximate surface area is 175 Å². The lowest BCUT2D eigenvalue weighted by molar-refractivity contribution is -0.122. The van der Waals surface area contributed by atoms with Crippen molar-refractivity contribution < 1.29 is 4.79 Å². The Morgan fingerprint density at radius 3 is 2.71 bits per heavy atom. The number of carbonyl (C=O) groups is 1. The Morgan fingerprint density at radius 1 is 1.07 bits per heavy atom. The van der Waals surface area contributed by atoms with Gasteiger partial charge in [-0.05, 0) is 40.5 Å². The van der Waals surface area contributed by atoms with Crippen LogP contribution in [0.15, 0.2) is 67.0 Å². The molecule has 0 saturated carbocycles. The van der Waals surface area contributed by atoms with Crippen molar-refractivity contribution in [2.75, 3.05) is 0 Å². The third-order valence-corrected chi connectivity index (χ3v) is 4.58. The van der Waals surface area contributed by atoms with E-state index in [1.165, 1.54) is 0 Å². The van der Waals surface area contributed by atoms with E-state index < -0.39 is 6.04 Å². The molecule has 0 bridgehead atoms. The molecule has 1 unspecified atom stereocenters. The highest BCUT2D eigenvalue weighted by atomic mass is 35.5. The van der Waals surface area contributed by atoms with Gasteiger partial charge in [0.1, 0.15) is 5.65 Å². The number of aromatic nitrogens is 2. The molecule has 0 aliphatic heterocycles. The molecule has 7 heteroatoms. The van der Waals surface area contributed by atoms with Crippen molar-refractivity contribution in [3.05, 3.63) is 78.1 Å². The van der Waals surface area contributed by atoms with E-state index in [1.54, 1.807) is 6.20 Å². The molecular weight excluding hydrogens is 395 g/mol. The van der Waals surface area contributed by atoms with E-state index in [2.05, 4.69) is 33.5 Å². The molecule has 5 nitrogen and oxygen atoms in total. The molecule has 28 heavy (non-hydrogen) atoms. The summed E-state index contributed by atoms with van der Waals surface area (Å²) in [4.78, 5) is 19.8. The maximum absolute atomic E-state index is 12.4. The van der Waals surface area contributed by atoms with Gasteiger partial charge in [0.2, 0.25) is 5.91 Å². The standard InChI is InChI=1S/C21H20N4O.2ClH/c22-19(11-16-6-3-5-15-4-1-2-7-18(15)16)21(26)25-13-14-10-17-8-9-23-20(17)24-12-14;;/h1-10,12,19H,11,13,22H2,(H,23,24)(H,25,26);2*1H. The SMILES string of the molecule is Cl.Cl.NC(Cc1cccc2ccccc12)C(=O)NCc1cnc2[nH]ccc2c1. The van der Waals surface area contributed by atoms with Crippen LogP contribution in [0.5, 0.6) is 0 Å². The molecule has 2 aromatic carbocycles. The normalized spacial score (nSPS) is 11.5. The number of amides is 1. The number of rotatable bonds is 5. The van der Waals surface area contributed by atoms with E-state index in [0.29, 0.717) is 13.0 Å². The maximum atomic E-state index is 12.4. The van der Waals surface area contributed by atoms with Crippen molar-refractivity contribution in [3.8, 4) is 0 Å². The van der Waals surface area contributed by atoms with Crippen LogP contribution in [0.3, 0.4) is 0 Å². The summed E-state index contributed by atoms with van der Waals surface area (Å²) in [6, 6.07) is 17.6. The highest BCUT2D eigenvalue weighted by Crippen LogP contribution is 2.19. The number of pyridine rings is 1. The summed E-state index contributed by atoms with van der Waals surface area (Å²) in [5.41, 5.74) is 9.02. The maximum Gasteiger partial charge on any atom is 0.237 e. The van der Waals surface area contributed by atoms with Crippen LogP contribution in [0.2, 0.25) is 0 Å². The second kappa shape index (κ2) is 9.55. The Hall–Kier alpha value is -2.60. The molecule has 0 radical (unpaired) electrons. The molecule has 1 atom stereocenters. The van der Waals surface area contributed by atoms with Gasteiger partial charge in [-0.25, -0.2) is 4.98 Å². The minimum absolute atomic E-state index is 0. The van der Waals surface area contributed by atoms with E-state index in [0.717, 1.165) is 32.9 Å². The quantitative estimate of drug-likeness (QED) is 0.463. The van der Waals surface area contributed by atoms with Crippen molar-refractivity contribution in [1.29, 1.82) is 0 Å². The van der Waals surface area contributed by atoms with E-state index in [1.807, 2.05) is 42.6 Å². The van der Waals surface area contributed by atoms with Crippen LogP contribution in [0.25, 0.3) is 21.8 Å². The van der Waals surface area contributed by atoms with Crippen LogP contribution in [0.4, 0.5) is 0 Å². The average molecular weight is 417 g/mol. The third-order valence-electron chi connectivity index (χ3n) is 4.58. The molecule has 2 aromatic heterocycles. The number of nitrogens with zero attached hydrogens (tertiary/aromatic N) is 1. The summed E-state index contributed by atoms with van der Waals surface area (Å²) in [5, 5.41) is 6.23. The molecule has 0 aliphatic rings. The van der Waals surface area contributed by atoms with Crippen LogP contribution < -0.4 is 11.1 Å². The third kappa shape index (κ3) is 4.62. The zero-order chi connectivity index (χ0) is 17.9. The number of halogens is 2. The molecule has 0 fully saturated rings. The lowest BCUT2D eigenvalue weighted by atomic mass is 9.99. The Morgan fingerprint density at radius 2 is 1.86 bits per heavy atom. The Kier molecular flexibility index (Phi) is 7.40. The summed E-state index contributed by atoms with van der Waals surface area (Å²) < 4.78 is 0. The van der Waals surface area contributed by atoms with Crippen molar-refractivity contribution >= 4 is 52.5 Å². The van der Waals surface area contributed by atoms with Gasteiger partial charge < -0.3 is 16.0 Å². The predicted molar refractivity (Wildman–Crippen MR) is 118 cm³/mol. The van der Waals surface area contributed by atoms with Crippen molar-refractivity contribution in [3.63, 3.8) is 0 Å². The van der Waals surface area contributed by atoms with Gasteiger partial charge in [-0.2, -0.15) is 0 Å². The van der Waals surface area contributed by atoms with Gasteiger partial charge in [0.15, 0.2) is 0 Å². The van der Waals surface area contributed by atoms with E-state index in [4.69, 9.17) is 5.73 Å². The van der Waals surface area contributed by atoms with E-state index in [9.17, 15) is 4.79 Å². The van der Waals surface area contributed by atoms with Crippen LogP contribution >= 0.6 is 24.8 Å².